The molecule has 1 aromatic carbocycles. The maximum absolute atomic E-state index is 12.0. The molecule has 0 fully saturated rings. The molecule has 0 saturated heterocycles. The number of imide groups is 1. The Hall–Kier alpha value is -2.18. The fourth-order valence-electron chi connectivity index (χ4n) is 2.56. The molecule has 1 heterocycles. The number of hydrogen-bond donors (Lipinski definition) is 3. The van der Waals surface area contributed by atoms with E-state index in [1.54, 1.807) is 11.3 Å². The summed E-state index contributed by atoms with van der Waals surface area (Å²) in [6.07, 6.45) is 0.826. The van der Waals surface area contributed by atoms with Gasteiger partial charge in [-0.25, -0.2) is 4.79 Å². The van der Waals surface area contributed by atoms with Crippen LogP contribution in [0.1, 0.15) is 55.2 Å². The van der Waals surface area contributed by atoms with Crippen molar-refractivity contribution in [3.8, 4) is 0 Å². The number of hydrogen-bond acceptors (Lipinski definition) is 4. The van der Waals surface area contributed by atoms with Crippen molar-refractivity contribution in [1.29, 1.82) is 0 Å². The maximum atomic E-state index is 12.0. The normalized spacial score (nSPS) is 12.0. The van der Waals surface area contributed by atoms with Gasteiger partial charge < -0.3 is 5.32 Å². The second-order valence-corrected chi connectivity index (χ2v) is 7.43. The molecule has 0 aliphatic heterocycles. The summed E-state index contributed by atoms with van der Waals surface area (Å²) in [5.41, 5.74) is 2.38. The molecule has 1 atom stereocenters. The van der Waals surface area contributed by atoms with Crippen LogP contribution in [-0.4, -0.2) is 25.0 Å². The van der Waals surface area contributed by atoms with Gasteiger partial charge in [0.05, 0.1) is 12.6 Å². The molecule has 140 valence electrons. The van der Waals surface area contributed by atoms with Crippen LogP contribution in [0.4, 0.5) is 4.79 Å². The van der Waals surface area contributed by atoms with Crippen LogP contribution in [0.15, 0.2) is 41.8 Å². The van der Waals surface area contributed by atoms with Crippen LogP contribution in [-0.2, 0) is 4.79 Å². The molecule has 0 saturated carbocycles. The van der Waals surface area contributed by atoms with Gasteiger partial charge in [0, 0.05) is 11.4 Å². The van der Waals surface area contributed by atoms with E-state index >= 15 is 0 Å². The first-order valence-electron chi connectivity index (χ1n) is 8.95. The minimum Gasteiger partial charge on any atom is -0.338 e. The van der Waals surface area contributed by atoms with Gasteiger partial charge in [0.25, 0.3) is 0 Å². The zero-order valence-electron chi connectivity index (χ0n) is 15.5. The Balaban J connectivity index is 2.02. The van der Waals surface area contributed by atoms with Crippen LogP contribution in [0.3, 0.4) is 0 Å². The standard InChI is InChI=1S/C20H27N3O2S/c1-4-11-21-20(25)23-18(24)13-22-19(17-6-5-12-26-17)16-9-7-15(8-10-16)14(2)3/h5-10,12,14,19,22H,4,11,13H2,1-3H3,(H2,21,23,24,25)/t19-/m1/s1. The van der Waals surface area contributed by atoms with E-state index in [4.69, 9.17) is 0 Å². The molecule has 0 aliphatic carbocycles. The minimum absolute atomic E-state index is 0.0635. The Kier molecular flexibility index (Phi) is 7.81. The van der Waals surface area contributed by atoms with Crippen molar-refractivity contribution < 1.29 is 9.59 Å². The molecule has 0 unspecified atom stereocenters. The van der Waals surface area contributed by atoms with E-state index in [1.165, 1.54) is 5.56 Å². The largest absolute Gasteiger partial charge is 0.338 e. The fourth-order valence-corrected chi connectivity index (χ4v) is 3.39. The lowest BCUT2D eigenvalue weighted by Gasteiger charge is -2.19. The van der Waals surface area contributed by atoms with Crippen LogP contribution in [0.25, 0.3) is 0 Å². The van der Waals surface area contributed by atoms with Crippen LogP contribution in [0.2, 0.25) is 0 Å². The lowest BCUT2D eigenvalue weighted by molar-refractivity contribution is -0.119. The molecule has 5 nitrogen and oxygen atoms in total. The topological polar surface area (TPSA) is 70.2 Å². The molecule has 0 aliphatic rings. The zero-order chi connectivity index (χ0) is 18.9. The number of carbonyl (C=O) groups is 2. The Bertz CT molecular complexity index is 696. The van der Waals surface area contributed by atoms with Gasteiger partial charge in [0.1, 0.15) is 0 Å². The molecule has 3 N–H and O–H groups in total. The first kappa shape index (κ1) is 20.1. The lowest BCUT2D eigenvalue weighted by Crippen LogP contribution is -2.44. The highest BCUT2D eigenvalue weighted by Crippen LogP contribution is 2.27. The average molecular weight is 374 g/mol. The molecule has 26 heavy (non-hydrogen) atoms. The van der Waals surface area contributed by atoms with E-state index in [-0.39, 0.29) is 18.5 Å². The fraction of sp³-hybridized carbons (Fsp3) is 0.400. The average Bonchev–Trinajstić information content (AvgIpc) is 3.15. The van der Waals surface area contributed by atoms with Crippen LogP contribution >= 0.6 is 11.3 Å². The van der Waals surface area contributed by atoms with E-state index in [2.05, 4.69) is 54.1 Å². The molecule has 2 aromatic rings. The molecule has 0 bridgehead atoms. The van der Waals surface area contributed by atoms with Crippen molar-refractivity contribution >= 4 is 23.3 Å². The van der Waals surface area contributed by atoms with Crippen molar-refractivity contribution in [2.45, 2.75) is 39.2 Å². The predicted molar refractivity (Wildman–Crippen MR) is 107 cm³/mol. The van der Waals surface area contributed by atoms with E-state index in [0.29, 0.717) is 12.5 Å². The van der Waals surface area contributed by atoms with E-state index in [0.717, 1.165) is 16.9 Å². The van der Waals surface area contributed by atoms with Crippen LogP contribution in [0.5, 0.6) is 0 Å². The number of thiophene rings is 1. The lowest BCUT2D eigenvalue weighted by atomic mass is 9.98. The quantitative estimate of drug-likeness (QED) is 0.659. The first-order valence-corrected chi connectivity index (χ1v) is 9.83. The van der Waals surface area contributed by atoms with Crippen molar-refractivity contribution in [1.82, 2.24) is 16.0 Å². The maximum Gasteiger partial charge on any atom is 0.321 e. The van der Waals surface area contributed by atoms with Crippen LogP contribution < -0.4 is 16.0 Å². The minimum atomic E-state index is -0.451. The van der Waals surface area contributed by atoms with Crippen LogP contribution in [0, 0.1) is 0 Å². The summed E-state index contributed by atoms with van der Waals surface area (Å²) in [5.74, 6) is 0.128. The van der Waals surface area contributed by atoms with Crippen molar-refractivity contribution in [3.63, 3.8) is 0 Å². The number of carbonyl (C=O) groups excluding carboxylic acids is 2. The molecule has 0 spiro atoms. The summed E-state index contributed by atoms with van der Waals surface area (Å²) in [5, 5.41) is 10.3. The number of rotatable bonds is 8. The Morgan fingerprint density at radius 2 is 1.77 bits per heavy atom. The number of nitrogens with one attached hydrogen (secondary N) is 3. The summed E-state index contributed by atoms with van der Waals surface area (Å²) >= 11 is 1.64. The Morgan fingerprint density at radius 3 is 2.35 bits per heavy atom. The predicted octanol–water partition coefficient (Wildman–Crippen LogP) is 3.79. The molecule has 1 aromatic heterocycles. The molecule has 6 heteroatoms. The summed E-state index contributed by atoms with van der Waals surface area (Å²) < 4.78 is 0. The monoisotopic (exact) mass is 373 g/mol. The second-order valence-electron chi connectivity index (χ2n) is 6.45. The van der Waals surface area contributed by atoms with E-state index in [9.17, 15) is 9.59 Å². The third-order valence-electron chi connectivity index (χ3n) is 4.02. The van der Waals surface area contributed by atoms with Gasteiger partial charge in [-0.05, 0) is 34.9 Å². The number of urea groups is 1. The zero-order valence-corrected chi connectivity index (χ0v) is 16.4. The van der Waals surface area contributed by atoms with Crippen molar-refractivity contribution in [3.05, 3.63) is 57.8 Å². The third-order valence-corrected chi connectivity index (χ3v) is 4.96. The highest BCUT2D eigenvalue weighted by Gasteiger charge is 2.17. The van der Waals surface area contributed by atoms with Crippen molar-refractivity contribution in [2.75, 3.05) is 13.1 Å². The Labute approximate surface area is 159 Å². The summed E-state index contributed by atoms with van der Waals surface area (Å²) in [6.45, 7) is 6.90. The summed E-state index contributed by atoms with van der Waals surface area (Å²) in [4.78, 5) is 24.8. The Morgan fingerprint density at radius 1 is 1.08 bits per heavy atom. The number of benzene rings is 1. The molecule has 3 amide bonds. The summed E-state index contributed by atoms with van der Waals surface area (Å²) in [6, 6.07) is 12.0. The molecule has 2 rings (SSSR count). The van der Waals surface area contributed by atoms with E-state index in [1.807, 2.05) is 24.4 Å². The highest BCUT2D eigenvalue weighted by atomic mass is 32.1. The van der Waals surface area contributed by atoms with Gasteiger partial charge in [-0.3, -0.25) is 15.4 Å². The van der Waals surface area contributed by atoms with Gasteiger partial charge >= 0.3 is 6.03 Å². The van der Waals surface area contributed by atoms with E-state index < -0.39 is 6.03 Å². The highest BCUT2D eigenvalue weighted by molar-refractivity contribution is 7.10. The first-order chi connectivity index (χ1) is 12.5. The van der Waals surface area contributed by atoms with Gasteiger partial charge in [0.15, 0.2) is 0 Å². The third kappa shape index (κ3) is 5.97. The smallest absolute Gasteiger partial charge is 0.321 e. The SMILES string of the molecule is CCCNC(=O)NC(=O)CN[C@H](c1ccc(C(C)C)cc1)c1cccs1. The second kappa shape index (κ2) is 10.1. The van der Waals surface area contributed by atoms with Gasteiger partial charge in [-0.2, -0.15) is 0 Å². The molecular formula is C20H27N3O2S. The summed E-state index contributed by atoms with van der Waals surface area (Å²) in [7, 11) is 0. The number of amides is 3. The molecule has 0 radical (unpaired) electrons. The van der Waals surface area contributed by atoms with Crippen molar-refractivity contribution in [2.24, 2.45) is 0 Å². The van der Waals surface area contributed by atoms with Gasteiger partial charge in [-0.15, -0.1) is 11.3 Å². The van der Waals surface area contributed by atoms with Gasteiger partial charge in [-0.1, -0.05) is 51.1 Å². The molecular weight excluding hydrogens is 346 g/mol. The van der Waals surface area contributed by atoms with Gasteiger partial charge in [0.2, 0.25) is 5.91 Å².